The topological polar surface area (TPSA) is 35.5 Å². The lowest BCUT2D eigenvalue weighted by Crippen LogP contribution is -2.35. The zero-order valence-corrected chi connectivity index (χ0v) is 11.8. The minimum atomic E-state index is -0.524. The van der Waals surface area contributed by atoms with Crippen LogP contribution in [0.4, 0.5) is 0 Å². The number of hydrogen-bond donors (Lipinski definition) is 2. The van der Waals surface area contributed by atoms with Crippen LogP contribution in [0.25, 0.3) is 0 Å². The Morgan fingerprint density at radius 3 is 2.84 bits per heavy atom. The third-order valence-electron chi connectivity index (χ3n) is 4.15. The average Bonchev–Trinajstić information content (AvgIpc) is 3.16. The molecule has 19 heavy (non-hydrogen) atoms. The maximum atomic E-state index is 10.2. The first-order valence-electron chi connectivity index (χ1n) is 7.14. The van der Waals surface area contributed by atoms with E-state index < -0.39 is 6.10 Å². The molecule has 2 atom stereocenters. The fourth-order valence-electron chi connectivity index (χ4n) is 2.86. The first kappa shape index (κ1) is 13.4. The van der Waals surface area contributed by atoms with Crippen molar-refractivity contribution >= 4 is 11.6 Å². The lowest BCUT2D eigenvalue weighted by molar-refractivity contribution is 0.169. The summed E-state index contributed by atoms with van der Waals surface area (Å²) in [6.45, 7) is 2.90. The molecule has 104 valence electrons. The predicted octanol–water partition coefficient (Wildman–Crippen LogP) is 2.20. The predicted molar refractivity (Wildman–Crippen MR) is 77.4 cm³/mol. The summed E-state index contributed by atoms with van der Waals surface area (Å²) in [6.07, 6.45) is 3.40. The molecule has 2 unspecified atom stereocenters. The van der Waals surface area contributed by atoms with E-state index >= 15 is 0 Å². The van der Waals surface area contributed by atoms with E-state index in [9.17, 15) is 5.11 Å². The van der Waals surface area contributed by atoms with Crippen molar-refractivity contribution in [1.29, 1.82) is 0 Å². The molecular formula is C15H21ClN2O. The van der Waals surface area contributed by atoms with Crippen LogP contribution in [-0.2, 0) is 0 Å². The number of nitrogens with one attached hydrogen (secondary N) is 1. The van der Waals surface area contributed by atoms with Crippen molar-refractivity contribution in [2.75, 3.05) is 19.6 Å². The molecule has 0 amide bonds. The summed E-state index contributed by atoms with van der Waals surface area (Å²) in [6, 6.07) is 8.87. The number of nitrogens with zero attached hydrogens (tertiary/aromatic N) is 1. The lowest BCUT2D eigenvalue weighted by Gasteiger charge is -2.18. The van der Waals surface area contributed by atoms with Gasteiger partial charge in [-0.25, -0.2) is 0 Å². The van der Waals surface area contributed by atoms with E-state index in [1.165, 1.54) is 25.8 Å². The standard InChI is InChI=1S/C15H21ClN2O/c16-14-4-2-1-3-13(14)15(19)9-17-11-7-8-18(10-11)12-5-6-12/h1-4,11-12,15,17,19H,5-10H2. The van der Waals surface area contributed by atoms with Crippen molar-refractivity contribution in [3.8, 4) is 0 Å². The van der Waals surface area contributed by atoms with Crippen LogP contribution in [0.3, 0.4) is 0 Å². The Labute approximate surface area is 119 Å². The Balaban J connectivity index is 1.48. The largest absolute Gasteiger partial charge is 0.387 e. The van der Waals surface area contributed by atoms with E-state index in [4.69, 9.17) is 11.6 Å². The monoisotopic (exact) mass is 280 g/mol. The molecule has 0 bridgehead atoms. The number of hydrogen-bond acceptors (Lipinski definition) is 3. The maximum absolute atomic E-state index is 10.2. The highest BCUT2D eigenvalue weighted by Gasteiger charge is 2.34. The summed E-state index contributed by atoms with van der Waals surface area (Å²) in [4.78, 5) is 2.57. The molecule has 2 aliphatic rings. The highest BCUT2D eigenvalue weighted by atomic mass is 35.5. The number of rotatable bonds is 5. The minimum absolute atomic E-state index is 0.512. The van der Waals surface area contributed by atoms with Gasteiger partial charge in [0.15, 0.2) is 0 Å². The van der Waals surface area contributed by atoms with E-state index in [-0.39, 0.29) is 0 Å². The van der Waals surface area contributed by atoms with Crippen LogP contribution in [0, 0.1) is 0 Å². The van der Waals surface area contributed by atoms with Crippen LogP contribution < -0.4 is 5.32 Å². The smallest absolute Gasteiger partial charge is 0.0928 e. The molecule has 4 heteroatoms. The third kappa shape index (κ3) is 3.29. The fraction of sp³-hybridized carbons (Fsp3) is 0.600. The summed E-state index contributed by atoms with van der Waals surface area (Å²) >= 11 is 6.09. The molecule has 1 aliphatic heterocycles. The molecule has 1 saturated carbocycles. The lowest BCUT2D eigenvalue weighted by atomic mass is 10.1. The van der Waals surface area contributed by atoms with Crippen molar-refractivity contribution in [3.63, 3.8) is 0 Å². The molecule has 0 spiro atoms. The normalized spacial score (nSPS) is 25.7. The van der Waals surface area contributed by atoms with Crippen molar-refractivity contribution < 1.29 is 5.11 Å². The quantitative estimate of drug-likeness (QED) is 0.868. The van der Waals surface area contributed by atoms with Gasteiger partial charge in [-0.2, -0.15) is 0 Å². The van der Waals surface area contributed by atoms with Gasteiger partial charge in [0, 0.05) is 42.3 Å². The van der Waals surface area contributed by atoms with Crippen LogP contribution in [-0.4, -0.2) is 41.7 Å². The van der Waals surface area contributed by atoms with E-state index in [1.54, 1.807) is 0 Å². The van der Waals surface area contributed by atoms with Crippen LogP contribution in [0.15, 0.2) is 24.3 Å². The third-order valence-corrected chi connectivity index (χ3v) is 4.49. The molecule has 0 radical (unpaired) electrons. The van der Waals surface area contributed by atoms with Gasteiger partial charge in [0.05, 0.1) is 6.10 Å². The zero-order chi connectivity index (χ0) is 13.2. The number of aliphatic hydroxyl groups is 1. The van der Waals surface area contributed by atoms with E-state index in [0.29, 0.717) is 17.6 Å². The number of benzene rings is 1. The second-order valence-electron chi connectivity index (χ2n) is 5.66. The maximum Gasteiger partial charge on any atom is 0.0928 e. The highest BCUT2D eigenvalue weighted by Crippen LogP contribution is 2.30. The SMILES string of the molecule is OC(CNC1CCN(C2CC2)C1)c1ccccc1Cl. The Morgan fingerprint density at radius 2 is 2.11 bits per heavy atom. The first-order chi connectivity index (χ1) is 9.24. The number of aliphatic hydroxyl groups excluding tert-OH is 1. The molecule has 0 aromatic heterocycles. The average molecular weight is 281 g/mol. The van der Waals surface area contributed by atoms with Crippen molar-refractivity contribution in [2.45, 2.75) is 37.5 Å². The van der Waals surface area contributed by atoms with E-state index in [2.05, 4.69) is 10.2 Å². The zero-order valence-electron chi connectivity index (χ0n) is 11.1. The Morgan fingerprint density at radius 1 is 1.32 bits per heavy atom. The first-order valence-corrected chi connectivity index (χ1v) is 7.52. The molecular weight excluding hydrogens is 260 g/mol. The van der Waals surface area contributed by atoms with Gasteiger partial charge in [-0.05, 0) is 25.3 Å². The highest BCUT2D eigenvalue weighted by molar-refractivity contribution is 6.31. The van der Waals surface area contributed by atoms with Gasteiger partial charge in [0.1, 0.15) is 0 Å². The van der Waals surface area contributed by atoms with Gasteiger partial charge in [0.2, 0.25) is 0 Å². The van der Waals surface area contributed by atoms with Gasteiger partial charge < -0.3 is 10.4 Å². The molecule has 1 heterocycles. The van der Waals surface area contributed by atoms with Crippen molar-refractivity contribution in [3.05, 3.63) is 34.9 Å². The summed E-state index contributed by atoms with van der Waals surface area (Å²) in [7, 11) is 0. The molecule has 1 saturated heterocycles. The Bertz CT molecular complexity index is 436. The second-order valence-corrected chi connectivity index (χ2v) is 6.06. The number of likely N-dealkylation sites (tertiary alicyclic amines) is 1. The van der Waals surface area contributed by atoms with Crippen LogP contribution in [0.1, 0.15) is 30.9 Å². The summed E-state index contributed by atoms with van der Waals surface area (Å²) in [5.41, 5.74) is 0.814. The van der Waals surface area contributed by atoms with Gasteiger partial charge in [-0.15, -0.1) is 0 Å². The van der Waals surface area contributed by atoms with Gasteiger partial charge in [0.25, 0.3) is 0 Å². The van der Waals surface area contributed by atoms with Crippen LogP contribution >= 0.6 is 11.6 Å². The van der Waals surface area contributed by atoms with Crippen molar-refractivity contribution in [2.24, 2.45) is 0 Å². The Kier molecular flexibility index (Phi) is 4.08. The second kappa shape index (κ2) is 5.80. The molecule has 1 aromatic rings. The van der Waals surface area contributed by atoms with E-state index in [0.717, 1.165) is 18.2 Å². The van der Waals surface area contributed by atoms with E-state index in [1.807, 2.05) is 24.3 Å². The van der Waals surface area contributed by atoms with Gasteiger partial charge in [-0.3, -0.25) is 4.90 Å². The fourth-order valence-corrected chi connectivity index (χ4v) is 3.12. The van der Waals surface area contributed by atoms with Crippen LogP contribution in [0.2, 0.25) is 5.02 Å². The van der Waals surface area contributed by atoms with Crippen molar-refractivity contribution in [1.82, 2.24) is 10.2 Å². The Hall–Kier alpha value is -0.610. The van der Waals surface area contributed by atoms with Crippen LogP contribution in [0.5, 0.6) is 0 Å². The molecule has 2 fully saturated rings. The molecule has 3 rings (SSSR count). The molecule has 3 nitrogen and oxygen atoms in total. The summed E-state index contributed by atoms with van der Waals surface area (Å²) in [5.74, 6) is 0. The summed E-state index contributed by atoms with van der Waals surface area (Å²) < 4.78 is 0. The molecule has 1 aromatic carbocycles. The molecule has 1 aliphatic carbocycles. The number of halogens is 1. The van der Waals surface area contributed by atoms with Gasteiger partial charge in [-0.1, -0.05) is 29.8 Å². The minimum Gasteiger partial charge on any atom is -0.387 e. The summed E-state index contributed by atoms with van der Waals surface area (Å²) in [5, 5.41) is 14.3. The molecule has 2 N–H and O–H groups in total. The van der Waals surface area contributed by atoms with Gasteiger partial charge >= 0.3 is 0 Å².